The van der Waals surface area contributed by atoms with Crippen molar-refractivity contribution in [1.82, 2.24) is 33.1 Å². The molecule has 21 nitrogen and oxygen atoms in total. The number of nitrogens with zero attached hydrogens (tertiary/aromatic N) is 10. The molecule has 19 rings (SSSR count). The quantitative estimate of drug-likeness (QED) is 0.0358. The topological polar surface area (TPSA) is 292 Å². The largest absolute Gasteiger partial charge is 0.396 e. The maximum Gasteiger partial charge on any atom is 0.381 e. The van der Waals surface area contributed by atoms with Crippen LogP contribution in [-0.4, -0.2) is 115 Å². The minimum Gasteiger partial charge on any atom is -0.396 e. The average molecular weight is 1630 g/mol. The number of hydrogen-bond donors (Lipinski definition) is 6. The van der Waals surface area contributed by atoms with Crippen molar-refractivity contribution in [2.45, 2.75) is 93.5 Å². The molecule has 122 heavy (non-hydrogen) atoms. The first-order chi connectivity index (χ1) is 58.7. The van der Waals surface area contributed by atoms with Crippen LogP contribution in [0.3, 0.4) is 0 Å². The summed E-state index contributed by atoms with van der Waals surface area (Å²) in [7, 11) is 5.84. The van der Waals surface area contributed by atoms with Gasteiger partial charge in [0.2, 0.25) is 6.33 Å². The molecule has 624 valence electrons. The molecule has 13 aromatic carbocycles. The van der Waals surface area contributed by atoms with Crippen molar-refractivity contribution in [3.05, 3.63) is 353 Å². The molecular weight excluding hydrogens is 1530 g/mol. The highest BCUT2D eigenvalue weighted by molar-refractivity contribution is 6.31. The van der Waals surface area contributed by atoms with Crippen LogP contribution in [0.2, 0.25) is 0 Å². The van der Waals surface area contributed by atoms with Crippen LogP contribution < -0.4 is 16.4 Å². The number of primary amides is 2. The van der Waals surface area contributed by atoms with Gasteiger partial charge in [0.25, 0.3) is 11.8 Å². The first-order valence-electron chi connectivity index (χ1n) is 40.5. The number of aliphatic imine (C=N–C) groups is 1. The smallest absolute Gasteiger partial charge is 0.381 e. The fraction of sp³-hybridized carbons (Fsp3) is 0.208. The van der Waals surface area contributed by atoms with Crippen LogP contribution in [0, 0.1) is 56.6 Å². The number of anilines is 1. The van der Waals surface area contributed by atoms with Crippen molar-refractivity contribution in [3.8, 4) is 0 Å². The number of carbonyl (C=O) groups excluding carboxylic acids is 3. The summed E-state index contributed by atoms with van der Waals surface area (Å²) in [6.45, 7) is 16.6. The summed E-state index contributed by atoms with van der Waals surface area (Å²) in [6.07, 6.45) is 11.2. The van der Waals surface area contributed by atoms with E-state index in [0.717, 1.165) is 33.6 Å². The summed E-state index contributed by atoms with van der Waals surface area (Å²) in [6, 6.07) is 88.9. The molecule has 2 aliphatic heterocycles. The highest BCUT2D eigenvalue weighted by Crippen LogP contribution is 2.42. The van der Waals surface area contributed by atoms with Gasteiger partial charge in [-0.15, -0.1) is 0 Å². The van der Waals surface area contributed by atoms with Crippen LogP contribution in [0.5, 0.6) is 0 Å². The number of carbonyl (C=O) groups is 3. The Kier molecular flexibility index (Phi) is 30.3. The number of aromatic nitrogens is 6. The maximum atomic E-state index is 12.5. The number of aliphatic hydroxyl groups excluding tert-OH is 4. The summed E-state index contributed by atoms with van der Waals surface area (Å²) in [5.74, 6) is -1.61. The number of aliphatic hydroxyl groups is 4. The third-order valence-corrected chi connectivity index (χ3v) is 21.7. The third kappa shape index (κ3) is 21.7. The lowest BCUT2D eigenvalue weighted by Crippen LogP contribution is -2.48. The van der Waals surface area contributed by atoms with Crippen molar-refractivity contribution in [2.75, 3.05) is 25.2 Å². The van der Waals surface area contributed by atoms with E-state index in [1.54, 1.807) is 35.3 Å². The fourth-order valence-electron chi connectivity index (χ4n) is 14.7. The Labute approximate surface area is 710 Å². The molecule has 0 aliphatic carbocycles. The number of aryl methyl sites for hydroxylation is 9. The monoisotopic (exact) mass is 1630 g/mol. The molecule has 8 N–H and O–H groups in total. The van der Waals surface area contributed by atoms with Gasteiger partial charge in [-0.2, -0.15) is 0 Å². The van der Waals surface area contributed by atoms with E-state index in [-0.39, 0.29) is 61.3 Å². The zero-order chi connectivity index (χ0) is 87.3. The minimum absolute atomic E-state index is 0.0728. The van der Waals surface area contributed by atoms with Gasteiger partial charge < -0.3 is 65.2 Å². The molecule has 0 bridgehead atoms. The number of fused-ring (bicyclic) bond motifs is 7. The second-order valence-electron chi connectivity index (χ2n) is 30.7. The Morgan fingerprint density at radius 1 is 0.484 bits per heavy atom. The van der Waals surface area contributed by atoms with E-state index in [0.29, 0.717) is 13.0 Å². The van der Waals surface area contributed by atoms with Crippen molar-refractivity contribution in [1.29, 1.82) is 0 Å². The van der Waals surface area contributed by atoms with Gasteiger partial charge in [-0.05, 0) is 193 Å². The standard InChI is InChI=1S/C17H12.C16H13N3O.C15H12.C11H18N4O4.C11H10.C10H11N.C9H15N3O4.C7H8.C5H7N/c1-11-5-6-14-8-7-12-3-2-4-13-9-10-15(11)17(14)16(12)13;1-10-9-18(2)16(20)19-13-8-4-6-11-5-3-7-12(14(11)13)17-15(10)19;1-11-10-12-6-2-3-8-14(12)15-9-5-4-7-13(11)15;1-6(4-16)7(17)2-3-15-5-14-8(10(12)18)9(15)11(13)19;1-9-5-4-7-10-6-2-3-8-11(9)10;1-8-4-3-5-10-9(8)6-7-11(10)2;1-7(5-13)8(14)2-3-11-4-9(10-6-11)12(15)16;1-7-5-3-2-4-6-7;1-6-4-2-3-5-6/h2-10H,1H3;3-9H,1-2H3;2-10H,1H3;5-7,16-17H,2-4H2,1H3,(H2,12,18)(H2,13,19);2-8H,1H3;3-7H,1-2H3;4,6-8,13-14H,2-3,5H2,1H3;2-6H,1H3;2-5H,1H3. The zero-order valence-corrected chi connectivity index (χ0v) is 70.8. The maximum absolute atomic E-state index is 12.5. The van der Waals surface area contributed by atoms with Crippen LogP contribution in [-0.2, 0) is 27.2 Å². The highest BCUT2D eigenvalue weighted by Gasteiger charge is 2.34. The SMILES string of the molecule is CC(CO)C(O)CCn1cnc(C(N)=O)c1C(N)=O.CC(CO)C(O)CCn1cnc([N+](=O)[O-])c1.CC1=CN(C)C(=O)N2C1=Nc1cccc3cccc2c13.Cc1cc2ccccc2c2ccccc12.Cc1ccc2ccc3cccc4ccc1c2c34.Cc1cccc2c1ccn2C.Cc1cccc2ccccc12.Cc1ccccc1.Cn1cccc1. The Morgan fingerprint density at radius 2 is 1.01 bits per heavy atom. The minimum atomic E-state index is -0.836. The van der Waals surface area contributed by atoms with Gasteiger partial charge >= 0.3 is 11.8 Å². The Balaban J connectivity index is 0.000000136. The third-order valence-electron chi connectivity index (χ3n) is 21.7. The van der Waals surface area contributed by atoms with Crippen molar-refractivity contribution in [2.24, 2.45) is 42.4 Å². The Hall–Kier alpha value is -14.0. The fourth-order valence-corrected chi connectivity index (χ4v) is 14.7. The number of urea groups is 1. The lowest BCUT2D eigenvalue weighted by Gasteiger charge is -2.35. The van der Waals surface area contributed by atoms with Crippen LogP contribution in [0.1, 0.15) is 82.4 Å². The molecule has 4 unspecified atom stereocenters. The van der Waals surface area contributed by atoms with Gasteiger partial charge in [0.15, 0.2) is 5.69 Å². The van der Waals surface area contributed by atoms with E-state index >= 15 is 0 Å². The second kappa shape index (κ2) is 41.6. The number of nitrogens with two attached hydrogens (primary N) is 2. The molecule has 6 heterocycles. The van der Waals surface area contributed by atoms with Crippen LogP contribution >= 0.6 is 0 Å². The molecule has 4 amide bonds. The predicted octanol–water partition coefficient (Wildman–Crippen LogP) is 20.1. The lowest BCUT2D eigenvalue weighted by molar-refractivity contribution is -0.389. The van der Waals surface area contributed by atoms with Gasteiger partial charge in [-0.25, -0.2) is 19.7 Å². The number of amidine groups is 1. The zero-order valence-electron chi connectivity index (χ0n) is 70.8. The molecule has 4 aromatic heterocycles. The summed E-state index contributed by atoms with van der Waals surface area (Å²) >= 11 is 0. The predicted molar refractivity (Wildman–Crippen MR) is 496 cm³/mol. The molecule has 0 saturated carbocycles. The van der Waals surface area contributed by atoms with Gasteiger partial charge in [0.05, 0.1) is 29.9 Å². The van der Waals surface area contributed by atoms with Crippen molar-refractivity contribution >= 4 is 127 Å². The number of nitro groups is 1. The number of benzene rings is 13. The first kappa shape index (κ1) is 88.8. The van der Waals surface area contributed by atoms with Crippen molar-refractivity contribution < 1.29 is 39.7 Å². The summed E-state index contributed by atoms with van der Waals surface area (Å²) in [5, 5.41) is 67.2. The summed E-state index contributed by atoms with van der Waals surface area (Å²) in [5.41, 5.74) is 20.9. The molecule has 21 heteroatoms. The van der Waals surface area contributed by atoms with Gasteiger partial charge in [-0.1, -0.05) is 238 Å². The van der Waals surface area contributed by atoms with Gasteiger partial charge in [0, 0.05) is 106 Å². The van der Waals surface area contributed by atoms with E-state index in [1.165, 1.54) is 127 Å². The van der Waals surface area contributed by atoms with Crippen LogP contribution in [0.25, 0.3) is 86.3 Å². The Morgan fingerprint density at radius 3 is 1.60 bits per heavy atom. The van der Waals surface area contributed by atoms with Gasteiger partial charge in [-0.3, -0.25) is 9.59 Å². The Bertz CT molecular complexity index is 6480. The summed E-state index contributed by atoms with van der Waals surface area (Å²) < 4.78 is 7.06. The van der Waals surface area contributed by atoms with E-state index in [4.69, 9.17) is 21.7 Å². The summed E-state index contributed by atoms with van der Waals surface area (Å²) in [4.78, 5) is 60.0. The van der Waals surface area contributed by atoms with E-state index in [9.17, 15) is 34.7 Å². The molecule has 0 radical (unpaired) electrons. The van der Waals surface area contributed by atoms with Gasteiger partial charge in [0.1, 0.15) is 17.7 Å². The normalized spacial score (nSPS) is 12.7. The van der Waals surface area contributed by atoms with Crippen LogP contribution in [0.15, 0.2) is 309 Å². The second-order valence-corrected chi connectivity index (χ2v) is 30.7. The van der Waals surface area contributed by atoms with E-state index in [2.05, 4.69) is 255 Å². The van der Waals surface area contributed by atoms with Crippen molar-refractivity contribution in [3.63, 3.8) is 0 Å². The number of imidazole rings is 2. The number of hydrogen-bond acceptors (Lipinski definition) is 12. The van der Waals surface area contributed by atoms with E-state index < -0.39 is 28.9 Å². The lowest BCUT2D eigenvalue weighted by atomic mass is 9.92. The molecule has 4 atom stereocenters. The number of amides is 4. The molecular formula is C101H106N12O9. The highest BCUT2D eigenvalue weighted by atomic mass is 16.6. The average Bonchev–Trinajstić information content (AvgIpc) is 0.829. The molecule has 0 fully saturated rings. The molecule has 17 aromatic rings. The molecule has 0 spiro atoms. The number of rotatable bonds is 13. The van der Waals surface area contributed by atoms with Crippen LogP contribution in [0.4, 0.5) is 22.0 Å². The van der Waals surface area contributed by atoms with E-state index in [1.807, 2.05) is 104 Å². The molecule has 2 aliphatic rings. The molecule has 0 saturated heterocycles. The first-order valence-corrected chi connectivity index (χ1v) is 40.5.